The third-order valence-electron chi connectivity index (χ3n) is 4.58. The summed E-state index contributed by atoms with van der Waals surface area (Å²) < 4.78 is 11.4. The number of fused-ring (bicyclic) bond motifs is 2. The van der Waals surface area contributed by atoms with Crippen LogP contribution in [0.3, 0.4) is 0 Å². The molecule has 3 fully saturated rings. The molecule has 0 amide bonds. The van der Waals surface area contributed by atoms with Crippen molar-refractivity contribution < 1.29 is 9.47 Å². The molecule has 1 aliphatic carbocycles. The van der Waals surface area contributed by atoms with Crippen molar-refractivity contribution in [1.29, 1.82) is 0 Å². The van der Waals surface area contributed by atoms with Crippen LogP contribution in [0.25, 0.3) is 0 Å². The van der Waals surface area contributed by atoms with Crippen molar-refractivity contribution in [3.63, 3.8) is 0 Å². The second kappa shape index (κ2) is 5.68. The highest BCUT2D eigenvalue weighted by Gasteiger charge is 2.39. The van der Waals surface area contributed by atoms with Crippen LogP contribution in [0.5, 0.6) is 0 Å². The Morgan fingerprint density at radius 2 is 1.06 bits per heavy atom. The topological polar surface area (TPSA) is 21.7 Å². The van der Waals surface area contributed by atoms with Crippen LogP contribution in [0.2, 0.25) is 0 Å². The zero-order valence-electron chi connectivity index (χ0n) is 10.8. The van der Waals surface area contributed by atoms with E-state index in [0.29, 0.717) is 12.1 Å². The van der Waals surface area contributed by atoms with Crippen molar-refractivity contribution >= 4 is 0 Å². The summed E-state index contributed by atoms with van der Waals surface area (Å²) in [5.74, 6) is 0. The van der Waals surface area contributed by atoms with E-state index < -0.39 is 0 Å². The summed E-state index contributed by atoms with van der Waals surface area (Å²) in [7, 11) is 0. The van der Waals surface area contributed by atoms with Gasteiger partial charge in [0, 0.05) is 6.04 Å². The molecule has 2 saturated heterocycles. The van der Waals surface area contributed by atoms with Gasteiger partial charge in [0.2, 0.25) is 0 Å². The Bertz CT molecular complexity index is 216. The summed E-state index contributed by atoms with van der Waals surface area (Å²) in [5.41, 5.74) is 0. The van der Waals surface area contributed by atoms with Crippen molar-refractivity contribution in [1.82, 2.24) is 4.90 Å². The van der Waals surface area contributed by atoms with Crippen LogP contribution < -0.4 is 0 Å². The Labute approximate surface area is 104 Å². The summed E-state index contributed by atoms with van der Waals surface area (Å²) in [6, 6.07) is 1.87. The van der Waals surface area contributed by atoms with Gasteiger partial charge in [-0.05, 0) is 12.8 Å². The maximum absolute atomic E-state index is 5.69. The van der Waals surface area contributed by atoms with E-state index in [1.807, 2.05) is 0 Å². The Kier molecular flexibility index (Phi) is 3.99. The van der Waals surface area contributed by atoms with Crippen molar-refractivity contribution in [3.05, 3.63) is 0 Å². The van der Waals surface area contributed by atoms with E-state index in [0.717, 1.165) is 32.5 Å². The van der Waals surface area contributed by atoms with Crippen molar-refractivity contribution in [3.8, 4) is 0 Å². The maximum Gasteiger partial charge on any atom is 0.0645 e. The van der Waals surface area contributed by atoms with E-state index in [1.54, 1.807) is 0 Å². The average molecular weight is 239 g/mol. The molecule has 17 heavy (non-hydrogen) atoms. The lowest BCUT2D eigenvalue weighted by atomic mass is 9.92. The van der Waals surface area contributed by atoms with Crippen molar-refractivity contribution in [2.24, 2.45) is 0 Å². The Hall–Kier alpha value is -0.120. The molecule has 0 radical (unpaired) electrons. The molecule has 0 unspecified atom stereocenters. The first-order chi connectivity index (χ1) is 8.45. The molecule has 2 aliphatic heterocycles. The van der Waals surface area contributed by atoms with Crippen LogP contribution in [0.4, 0.5) is 0 Å². The Morgan fingerprint density at radius 3 is 1.59 bits per heavy atom. The molecule has 0 spiro atoms. The molecular formula is C14H25NO2. The van der Waals surface area contributed by atoms with Gasteiger partial charge >= 0.3 is 0 Å². The first kappa shape index (κ1) is 11.9. The predicted molar refractivity (Wildman–Crippen MR) is 67.2 cm³/mol. The van der Waals surface area contributed by atoms with Gasteiger partial charge in [0.15, 0.2) is 0 Å². The lowest BCUT2D eigenvalue weighted by Crippen LogP contribution is -2.62. The first-order valence-electron chi connectivity index (χ1n) is 7.38. The van der Waals surface area contributed by atoms with Gasteiger partial charge in [0.1, 0.15) is 0 Å². The highest BCUT2D eigenvalue weighted by atomic mass is 16.5. The zero-order chi connectivity index (χ0) is 11.5. The molecule has 2 heterocycles. The number of nitrogens with zero attached hydrogens (tertiary/aromatic N) is 1. The highest BCUT2D eigenvalue weighted by molar-refractivity contribution is 4.91. The minimum Gasteiger partial charge on any atom is -0.378 e. The largest absolute Gasteiger partial charge is 0.378 e. The molecule has 0 aromatic heterocycles. The van der Waals surface area contributed by atoms with Gasteiger partial charge in [-0.2, -0.15) is 0 Å². The van der Waals surface area contributed by atoms with Gasteiger partial charge < -0.3 is 9.47 Å². The zero-order valence-corrected chi connectivity index (χ0v) is 10.8. The fourth-order valence-electron chi connectivity index (χ4n) is 3.75. The minimum atomic E-state index is 0.534. The van der Waals surface area contributed by atoms with Crippen LogP contribution in [-0.4, -0.2) is 49.5 Å². The molecule has 0 atom stereocenters. The fourth-order valence-corrected chi connectivity index (χ4v) is 3.75. The van der Waals surface area contributed by atoms with Gasteiger partial charge in [0.25, 0.3) is 0 Å². The molecule has 0 aromatic rings. The van der Waals surface area contributed by atoms with Crippen molar-refractivity contribution in [2.75, 3.05) is 26.4 Å². The average Bonchev–Trinajstić information content (AvgIpc) is 2.27. The van der Waals surface area contributed by atoms with E-state index in [4.69, 9.17) is 9.47 Å². The van der Waals surface area contributed by atoms with Crippen LogP contribution in [0.15, 0.2) is 0 Å². The number of hydrogen-bond acceptors (Lipinski definition) is 3. The number of ether oxygens (including phenoxy) is 2. The van der Waals surface area contributed by atoms with Crippen LogP contribution in [-0.2, 0) is 9.47 Å². The smallest absolute Gasteiger partial charge is 0.0645 e. The van der Waals surface area contributed by atoms with Crippen molar-refractivity contribution in [2.45, 2.75) is 63.1 Å². The minimum absolute atomic E-state index is 0.534. The van der Waals surface area contributed by atoms with E-state index in [2.05, 4.69) is 4.90 Å². The number of morpholine rings is 2. The van der Waals surface area contributed by atoms with E-state index in [-0.39, 0.29) is 0 Å². The Morgan fingerprint density at radius 1 is 0.588 bits per heavy atom. The molecule has 1 saturated carbocycles. The summed E-state index contributed by atoms with van der Waals surface area (Å²) >= 11 is 0. The SMILES string of the molecule is C1CCCC(N2C3COCC2COC3)CCC1. The number of rotatable bonds is 1. The summed E-state index contributed by atoms with van der Waals surface area (Å²) in [6.07, 6.45) is 9.95. The first-order valence-corrected chi connectivity index (χ1v) is 7.38. The van der Waals surface area contributed by atoms with Gasteiger partial charge in [-0.25, -0.2) is 0 Å². The monoisotopic (exact) mass is 239 g/mol. The van der Waals surface area contributed by atoms with Crippen LogP contribution in [0, 0.1) is 0 Å². The Balaban J connectivity index is 1.67. The maximum atomic E-state index is 5.69. The van der Waals surface area contributed by atoms with Gasteiger partial charge in [0.05, 0.1) is 38.5 Å². The lowest BCUT2D eigenvalue weighted by molar-refractivity contribution is -0.154. The third-order valence-corrected chi connectivity index (χ3v) is 4.58. The standard InChI is InChI=1S/C14H25NO2/c1-2-4-6-12(7-5-3-1)15-13-8-16-10-14(15)11-17-9-13/h12-14H,1-11H2. The van der Waals surface area contributed by atoms with Crippen LogP contribution >= 0.6 is 0 Å². The molecule has 3 heteroatoms. The van der Waals surface area contributed by atoms with Gasteiger partial charge in [-0.1, -0.05) is 32.1 Å². The molecule has 98 valence electrons. The lowest BCUT2D eigenvalue weighted by Gasteiger charge is -2.49. The molecule has 0 N–H and O–H groups in total. The highest BCUT2D eigenvalue weighted by Crippen LogP contribution is 2.29. The second-order valence-electron chi connectivity index (χ2n) is 5.83. The molecule has 3 nitrogen and oxygen atoms in total. The molecule has 3 rings (SSSR count). The molecule has 2 bridgehead atoms. The molecule has 3 aliphatic rings. The normalized spacial score (nSPS) is 37.4. The van der Waals surface area contributed by atoms with Gasteiger partial charge in [-0.3, -0.25) is 4.90 Å². The van der Waals surface area contributed by atoms with E-state index in [9.17, 15) is 0 Å². The number of hydrogen-bond donors (Lipinski definition) is 0. The summed E-state index contributed by atoms with van der Waals surface area (Å²) in [5, 5.41) is 0. The van der Waals surface area contributed by atoms with E-state index in [1.165, 1.54) is 44.9 Å². The second-order valence-corrected chi connectivity index (χ2v) is 5.83. The van der Waals surface area contributed by atoms with E-state index >= 15 is 0 Å². The summed E-state index contributed by atoms with van der Waals surface area (Å²) in [6.45, 7) is 3.53. The predicted octanol–water partition coefficient (Wildman–Crippen LogP) is 2.20. The molecular weight excluding hydrogens is 214 g/mol. The third kappa shape index (κ3) is 2.67. The fraction of sp³-hybridized carbons (Fsp3) is 1.00. The molecule has 0 aromatic carbocycles. The quantitative estimate of drug-likeness (QED) is 0.700. The van der Waals surface area contributed by atoms with Gasteiger partial charge in [-0.15, -0.1) is 0 Å². The summed E-state index contributed by atoms with van der Waals surface area (Å²) in [4.78, 5) is 2.76. The van der Waals surface area contributed by atoms with Crippen LogP contribution in [0.1, 0.15) is 44.9 Å².